The van der Waals surface area contributed by atoms with Gasteiger partial charge in [-0.1, -0.05) is 0 Å². The van der Waals surface area contributed by atoms with Crippen molar-refractivity contribution in [1.82, 2.24) is 0 Å². The van der Waals surface area contributed by atoms with Gasteiger partial charge >= 0.3 is 27.7 Å². The van der Waals surface area contributed by atoms with Gasteiger partial charge in [0.05, 0.1) is 6.42 Å². The van der Waals surface area contributed by atoms with Crippen LogP contribution in [0.4, 0.5) is 0 Å². The van der Waals surface area contributed by atoms with Crippen LogP contribution in [0, 0.1) is 0 Å². The zero-order chi connectivity index (χ0) is 8.57. The first kappa shape index (κ1) is 12.4. The number of carbonyl (C=O) groups is 2. The second-order valence-corrected chi connectivity index (χ2v) is 2.55. The number of carbonyl (C=O) groups excluding carboxylic acids is 2. The van der Waals surface area contributed by atoms with Crippen molar-refractivity contribution < 1.29 is 25.4 Å². The predicted octanol–water partition coefficient (Wildman–Crippen LogP) is 0.910. The Morgan fingerprint density at radius 3 is 1.50 bits per heavy atom. The van der Waals surface area contributed by atoms with Crippen molar-refractivity contribution in [1.29, 1.82) is 0 Å². The molecule has 3 heteroatoms. The van der Waals surface area contributed by atoms with Crippen molar-refractivity contribution in [2.75, 3.05) is 0 Å². The second kappa shape index (κ2) is 8.74. The number of hydrogen-bond acceptors (Lipinski definition) is 2. The minimum atomic E-state index is -0.0625. The molecule has 0 aliphatic rings. The van der Waals surface area contributed by atoms with Crippen molar-refractivity contribution in [3.8, 4) is 0 Å². The van der Waals surface area contributed by atoms with Gasteiger partial charge in [0.25, 0.3) is 0 Å². The molecule has 0 heterocycles. The topological polar surface area (TPSA) is 34.1 Å². The van der Waals surface area contributed by atoms with E-state index in [1.165, 1.54) is 13.8 Å². The third-order valence-corrected chi connectivity index (χ3v) is 0.498. The van der Waals surface area contributed by atoms with Crippen LogP contribution < -0.4 is 0 Å². The Bertz CT molecular complexity index is 118. The van der Waals surface area contributed by atoms with Crippen LogP contribution in [-0.4, -0.2) is 16.4 Å². The fourth-order valence-corrected chi connectivity index (χ4v) is 0.351. The van der Waals surface area contributed by atoms with Crippen LogP contribution in [0.25, 0.3) is 0 Å². The molecular formula is C7H12CrO2. The van der Waals surface area contributed by atoms with Gasteiger partial charge in [0.1, 0.15) is 11.6 Å². The fourth-order valence-electron chi connectivity index (χ4n) is 0.351. The average Bonchev–Trinajstić information content (AvgIpc) is 1.62. The van der Waals surface area contributed by atoms with Gasteiger partial charge in [0.15, 0.2) is 0 Å². The molecule has 0 aromatic carbocycles. The maximum atomic E-state index is 10.0. The Labute approximate surface area is 69.6 Å². The monoisotopic (exact) mass is 180 g/mol. The summed E-state index contributed by atoms with van der Waals surface area (Å²) in [6.45, 7) is 4.75. The van der Waals surface area contributed by atoms with E-state index < -0.39 is 0 Å². The maximum absolute atomic E-state index is 10.0. The zero-order valence-electron chi connectivity index (χ0n) is 6.51. The van der Waals surface area contributed by atoms with Gasteiger partial charge in [0, 0.05) is 0 Å². The molecular weight excluding hydrogens is 168 g/mol. The van der Waals surface area contributed by atoms with Crippen molar-refractivity contribution in [2.45, 2.75) is 27.2 Å². The van der Waals surface area contributed by atoms with Crippen LogP contribution in [0.1, 0.15) is 27.2 Å². The molecule has 0 unspecified atom stereocenters. The van der Waals surface area contributed by atoms with Crippen molar-refractivity contribution in [3.63, 3.8) is 0 Å². The summed E-state index contributed by atoms with van der Waals surface area (Å²) < 4.78 is 0. The van der Waals surface area contributed by atoms with E-state index in [1.54, 1.807) is 0 Å². The summed E-state index contributed by atoms with van der Waals surface area (Å²) in [4.78, 5) is 21.9. The fraction of sp³-hybridized carbons (Fsp3) is 0.571. The van der Waals surface area contributed by atoms with Gasteiger partial charge in [-0.3, -0.25) is 9.59 Å². The molecule has 0 fully saturated rings. The number of rotatable bonds is 2. The molecule has 0 saturated heterocycles. The first-order chi connectivity index (χ1) is 4.54. The van der Waals surface area contributed by atoms with Crippen LogP contribution >= 0.6 is 0 Å². The molecule has 0 rings (SSSR count). The van der Waals surface area contributed by atoms with Gasteiger partial charge in [-0.25, -0.2) is 0 Å². The standard InChI is InChI=1S/C5H8O2.C2H4.Cr/c1-4(6)3-5(2)7;1-2;/h3H2,1-2H3;1H,2H3;. The summed E-state index contributed by atoms with van der Waals surface area (Å²) >= 11 is 2.68. The molecule has 0 N–H and O–H groups in total. The van der Waals surface area contributed by atoms with Gasteiger partial charge in [0.2, 0.25) is 0 Å². The van der Waals surface area contributed by atoms with Crippen LogP contribution in [0.2, 0.25) is 0 Å². The molecule has 0 aromatic heterocycles. The molecule has 58 valence electrons. The SMILES string of the molecule is CC(=O)CC(C)=O.C[CH]=[Cr]. The Morgan fingerprint density at radius 1 is 1.30 bits per heavy atom. The van der Waals surface area contributed by atoms with Crippen LogP contribution in [0.3, 0.4) is 0 Å². The second-order valence-electron chi connectivity index (χ2n) is 1.82. The molecule has 0 bridgehead atoms. The molecule has 0 atom stereocenters. The van der Waals surface area contributed by atoms with E-state index in [2.05, 4.69) is 15.9 Å². The van der Waals surface area contributed by atoms with E-state index in [1.807, 2.05) is 11.8 Å². The summed E-state index contributed by atoms with van der Waals surface area (Å²) in [5.41, 5.74) is 0. The third kappa shape index (κ3) is 25.1. The molecule has 0 aliphatic carbocycles. The van der Waals surface area contributed by atoms with Crippen LogP contribution in [0.5, 0.6) is 0 Å². The normalized spacial score (nSPS) is 7.10. The predicted molar refractivity (Wildman–Crippen MR) is 37.7 cm³/mol. The first-order valence-electron chi connectivity index (χ1n) is 2.93. The first-order valence-corrected chi connectivity index (χ1v) is 3.66. The molecule has 0 aliphatic heterocycles. The zero-order valence-corrected chi connectivity index (χ0v) is 7.78. The molecule has 10 heavy (non-hydrogen) atoms. The molecule has 2 nitrogen and oxygen atoms in total. The van der Waals surface area contributed by atoms with E-state index >= 15 is 0 Å². The van der Waals surface area contributed by atoms with Gasteiger partial charge in [-0.05, 0) is 13.8 Å². The summed E-state index contributed by atoms with van der Waals surface area (Å²) in [7, 11) is 0. The van der Waals surface area contributed by atoms with Gasteiger partial charge in [-0.2, -0.15) is 0 Å². The van der Waals surface area contributed by atoms with E-state index in [0.717, 1.165) is 0 Å². The van der Waals surface area contributed by atoms with E-state index in [4.69, 9.17) is 0 Å². The van der Waals surface area contributed by atoms with E-state index in [0.29, 0.717) is 0 Å². The van der Waals surface area contributed by atoms with E-state index in [9.17, 15) is 9.59 Å². The van der Waals surface area contributed by atoms with Crippen LogP contribution in [-0.2, 0) is 25.4 Å². The third-order valence-electron chi connectivity index (χ3n) is 0.498. The van der Waals surface area contributed by atoms with Gasteiger partial charge in [-0.15, -0.1) is 0 Å². The van der Waals surface area contributed by atoms with E-state index in [-0.39, 0.29) is 18.0 Å². The van der Waals surface area contributed by atoms with Crippen molar-refractivity contribution in [2.24, 2.45) is 0 Å². The number of Topliss-reactive ketones (excluding diaryl/α,β-unsaturated/α-hetero) is 2. The summed E-state index contributed by atoms with van der Waals surface area (Å²) in [6.07, 6.45) is 0.0833. The Kier molecular flexibility index (Phi) is 10.9. The quantitative estimate of drug-likeness (QED) is 0.592. The molecule has 0 radical (unpaired) electrons. The minimum absolute atomic E-state index is 0.0625. The van der Waals surface area contributed by atoms with Gasteiger partial charge < -0.3 is 0 Å². The summed E-state index contributed by atoms with van der Waals surface area (Å²) in [6, 6.07) is 0. The Morgan fingerprint density at radius 2 is 1.50 bits per heavy atom. The number of hydrogen-bond donors (Lipinski definition) is 0. The Hall–Kier alpha value is -0.258. The molecule has 0 aromatic rings. The van der Waals surface area contributed by atoms with Crippen molar-refractivity contribution in [3.05, 3.63) is 0 Å². The average molecular weight is 180 g/mol. The number of ketones is 2. The summed E-state index contributed by atoms with van der Waals surface area (Å²) in [5.74, 6) is -0.125. The molecule has 0 spiro atoms. The van der Waals surface area contributed by atoms with Crippen molar-refractivity contribution >= 4 is 16.4 Å². The Balaban J connectivity index is 0. The summed E-state index contributed by atoms with van der Waals surface area (Å²) in [5, 5.41) is 0. The van der Waals surface area contributed by atoms with Crippen LogP contribution in [0.15, 0.2) is 0 Å². The molecule has 0 saturated carbocycles. The molecule has 0 amide bonds.